The molecule has 0 saturated carbocycles. The number of phosphoric acid groups is 1. The second-order valence-corrected chi connectivity index (χ2v) is 17.1. The summed E-state index contributed by atoms with van der Waals surface area (Å²) < 4.78 is 34.5. The number of quaternary nitrogens is 1. The first-order chi connectivity index (χ1) is 26.6. The molecule has 0 aromatic rings. The van der Waals surface area contributed by atoms with E-state index in [0.29, 0.717) is 24.1 Å². The maximum Gasteiger partial charge on any atom is 0.306 e. The molecule has 0 aliphatic heterocycles. The SMILES string of the molecule is CC/C=C\C/C=C\C/C=C\C/C=C\C/C=C\CCCCCCCCOCC(COP(=O)([O-])OCC[N+](C)(C)C)OC(=O)CCCCCCCCCCCCC. The van der Waals surface area contributed by atoms with Crippen LogP contribution in [0.25, 0.3) is 0 Å². The van der Waals surface area contributed by atoms with Crippen LogP contribution in [0.5, 0.6) is 0 Å². The van der Waals surface area contributed by atoms with Gasteiger partial charge >= 0.3 is 5.97 Å². The lowest BCUT2D eigenvalue weighted by Gasteiger charge is -2.28. The quantitative estimate of drug-likeness (QED) is 0.0200. The molecule has 0 N–H and O–H groups in total. The van der Waals surface area contributed by atoms with Crippen molar-refractivity contribution in [2.24, 2.45) is 0 Å². The minimum atomic E-state index is -4.53. The van der Waals surface area contributed by atoms with Crippen molar-refractivity contribution in [1.29, 1.82) is 0 Å². The van der Waals surface area contributed by atoms with Crippen molar-refractivity contribution in [3.8, 4) is 0 Å². The third kappa shape index (κ3) is 43.2. The number of ether oxygens (including phenoxy) is 2. The third-order valence-electron chi connectivity index (χ3n) is 9.08. The molecule has 2 atom stereocenters. The van der Waals surface area contributed by atoms with Gasteiger partial charge in [0.25, 0.3) is 7.82 Å². The average molecular weight is 794 g/mol. The number of allylic oxidation sites excluding steroid dienone is 10. The number of phosphoric ester groups is 1. The molecule has 0 radical (unpaired) electrons. The van der Waals surface area contributed by atoms with Gasteiger partial charge in [0.15, 0.2) is 0 Å². The summed E-state index contributed by atoms with van der Waals surface area (Å²) in [5, 5.41) is 0. The second-order valence-electron chi connectivity index (χ2n) is 15.7. The van der Waals surface area contributed by atoms with E-state index in [1.54, 1.807) is 0 Å². The highest BCUT2D eigenvalue weighted by molar-refractivity contribution is 7.45. The van der Waals surface area contributed by atoms with Crippen molar-refractivity contribution < 1.29 is 37.3 Å². The van der Waals surface area contributed by atoms with Crippen LogP contribution in [0, 0.1) is 0 Å². The first-order valence-electron chi connectivity index (χ1n) is 22.0. The van der Waals surface area contributed by atoms with Crippen molar-refractivity contribution in [2.75, 3.05) is 54.1 Å². The van der Waals surface area contributed by atoms with Crippen molar-refractivity contribution in [3.63, 3.8) is 0 Å². The Balaban J connectivity index is 4.21. The van der Waals surface area contributed by atoms with Crippen LogP contribution in [0.15, 0.2) is 60.8 Å². The first-order valence-corrected chi connectivity index (χ1v) is 23.5. The van der Waals surface area contributed by atoms with Gasteiger partial charge in [-0.25, -0.2) is 0 Å². The lowest BCUT2D eigenvalue weighted by molar-refractivity contribution is -0.870. The molecule has 8 nitrogen and oxygen atoms in total. The normalized spacial score (nSPS) is 14.4. The molecule has 0 aromatic carbocycles. The summed E-state index contributed by atoms with van der Waals surface area (Å²) in [5.74, 6) is -0.343. The van der Waals surface area contributed by atoms with Gasteiger partial charge in [-0.2, -0.15) is 0 Å². The third-order valence-corrected chi connectivity index (χ3v) is 10.0. The Kier molecular flexibility index (Phi) is 37.8. The summed E-state index contributed by atoms with van der Waals surface area (Å²) in [7, 11) is 1.34. The molecule has 9 heteroatoms. The van der Waals surface area contributed by atoms with Crippen molar-refractivity contribution in [3.05, 3.63) is 60.8 Å². The van der Waals surface area contributed by atoms with E-state index >= 15 is 0 Å². The number of carbonyl (C=O) groups excluding carboxylic acids is 1. The van der Waals surface area contributed by atoms with E-state index in [4.69, 9.17) is 18.5 Å². The minimum absolute atomic E-state index is 0.0213. The standard InChI is InChI=1S/C46H84NO7P/c1-6-8-10-12-14-16-18-19-20-21-22-23-24-25-26-27-28-30-32-34-36-38-41-51-43-45(44-53-55(49,50)52-42-40-47(3,4)5)54-46(48)39-37-35-33-31-29-17-15-13-11-9-7-2/h8,10,14,16,19-20,22-23,25-26,45H,6-7,9,11-13,15,17-18,21,24,27-44H2,1-5H3/b10-8-,16-14-,20-19-,23-22-,26-25-. The van der Waals surface area contributed by atoms with Crippen LogP contribution in [0.4, 0.5) is 0 Å². The van der Waals surface area contributed by atoms with E-state index in [2.05, 4.69) is 74.6 Å². The fraction of sp³-hybridized carbons (Fsp3) is 0.761. The summed E-state index contributed by atoms with van der Waals surface area (Å²) in [5.41, 5.74) is 0. The molecule has 0 aromatic heterocycles. The molecule has 0 fully saturated rings. The Hall–Kier alpha value is -1.80. The molecule has 0 heterocycles. The van der Waals surface area contributed by atoms with Crippen LogP contribution in [-0.4, -0.2) is 70.7 Å². The van der Waals surface area contributed by atoms with Crippen LogP contribution in [0.3, 0.4) is 0 Å². The highest BCUT2D eigenvalue weighted by Crippen LogP contribution is 2.38. The molecule has 0 rings (SSSR count). The zero-order valence-electron chi connectivity index (χ0n) is 36.1. The Morgan fingerprint density at radius 2 is 1.05 bits per heavy atom. The summed E-state index contributed by atoms with van der Waals surface area (Å²) in [6, 6.07) is 0. The van der Waals surface area contributed by atoms with E-state index in [0.717, 1.165) is 77.0 Å². The number of hydrogen-bond donors (Lipinski definition) is 0. The second kappa shape index (κ2) is 39.0. The number of nitrogens with zero attached hydrogens (tertiary/aromatic N) is 1. The zero-order valence-corrected chi connectivity index (χ0v) is 37.0. The maximum absolute atomic E-state index is 12.6. The van der Waals surface area contributed by atoms with Gasteiger partial charge in [0.1, 0.15) is 19.3 Å². The molecular formula is C46H84NO7P. The lowest BCUT2D eigenvalue weighted by atomic mass is 10.1. The fourth-order valence-electron chi connectivity index (χ4n) is 5.69. The minimum Gasteiger partial charge on any atom is -0.756 e. The van der Waals surface area contributed by atoms with Gasteiger partial charge in [-0.15, -0.1) is 0 Å². The molecular weight excluding hydrogens is 709 g/mol. The molecule has 0 aliphatic carbocycles. The topological polar surface area (TPSA) is 94.1 Å². The van der Waals surface area contributed by atoms with E-state index in [1.807, 2.05) is 21.1 Å². The van der Waals surface area contributed by atoms with Crippen molar-refractivity contribution >= 4 is 13.8 Å². The van der Waals surface area contributed by atoms with Gasteiger partial charge in [-0.1, -0.05) is 164 Å². The Morgan fingerprint density at radius 1 is 0.582 bits per heavy atom. The maximum atomic E-state index is 12.6. The van der Waals surface area contributed by atoms with Crippen LogP contribution >= 0.6 is 7.82 Å². The Labute approximate surface area is 339 Å². The molecule has 320 valence electrons. The molecule has 0 spiro atoms. The number of carbonyl (C=O) groups is 1. The molecule has 0 saturated heterocycles. The van der Waals surface area contributed by atoms with E-state index < -0.39 is 13.9 Å². The van der Waals surface area contributed by atoms with E-state index in [1.165, 1.54) is 70.6 Å². The monoisotopic (exact) mass is 794 g/mol. The highest BCUT2D eigenvalue weighted by Gasteiger charge is 2.20. The fourth-order valence-corrected chi connectivity index (χ4v) is 6.42. The lowest BCUT2D eigenvalue weighted by Crippen LogP contribution is -2.37. The van der Waals surface area contributed by atoms with Crippen molar-refractivity contribution in [2.45, 2.75) is 174 Å². The summed E-state index contributed by atoms with van der Waals surface area (Å²) in [6.07, 6.45) is 48.0. The van der Waals surface area contributed by atoms with Gasteiger partial charge < -0.3 is 27.9 Å². The van der Waals surface area contributed by atoms with Gasteiger partial charge in [0.05, 0.1) is 34.4 Å². The molecule has 0 bridgehead atoms. The number of likely N-dealkylation sites (N-methyl/N-ethyl adjacent to an activating group) is 1. The molecule has 55 heavy (non-hydrogen) atoms. The van der Waals surface area contributed by atoms with Crippen LogP contribution in [0.1, 0.15) is 168 Å². The predicted octanol–water partition coefficient (Wildman–Crippen LogP) is 12.3. The molecule has 0 aliphatic rings. The van der Waals surface area contributed by atoms with Crippen LogP contribution in [-0.2, 0) is 27.9 Å². The predicted molar refractivity (Wildman–Crippen MR) is 231 cm³/mol. The van der Waals surface area contributed by atoms with E-state index in [-0.39, 0.29) is 25.8 Å². The van der Waals surface area contributed by atoms with Gasteiger partial charge in [-0.05, 0) is 57.8 Å². The van der Waals surface area contributed by atoms with Gasteiger partial charge in [-0.3, -0.25) is 9.36 Å². The van der Waals surface area contributed by atoms with Gasteiger partial charge in [0, 0.05) is 13.0 Å². The van der Waals surface area contributed by atoms with Crippen LogP contribution < -0.4 is 4.89 Å². The smallest absolute Gasteiger partial charge is 0.306 e. The van der Waals surface area contributed by atoms with Crippen molar-refractivity contribution in [1.82, 2.24) is 0 Å². The summed E-state index contributed by atoms with van der Waals surface area (Å²) in [6.45, 7) is 5.25. The summed E-state index contributed by atoms with van der Waals surface area (Å²) >= 11 is 0. The Morgan fingerprint density at radius 3 is 1.58 bits per heavy atom. The molecule has 2 unspecified atom stereocenters. The number of hydrogen-bond acceptors (Lipinski definition) is 7. The average Bonchev–Trinajstić information content (AvgIpc) is 3.13. The van der Waals surface area contributed by atoms with E-state index in [9.17, 15) is 14.3 Å². The highest BCUT2D eigenvalue weighted by atomic mass is 31.2. The van der Waals surface area contributed by atoms with Crippen LogP contribution in [0.2, 0.25) is 0 Å². The largest absolute Gasteiger partial charge is 0.756 e. The Bertz CT molecular complexity index is 1060. The molecule has 0 amide bonds. The summed E-state index contributed by atoms with van der Waals surface area (Å²) in [4.78, 5) is 25.0. The van der Waals surface area contributed by atoms with Gasteiger partial charge in [0.2, 0.25) is 0 Å². The number of unbranched alkanes of at least 4 members (excludes halogenated alkanes) is 16. The first kappa shape index (κ1) is 53.2. The number of rotatable bonds is 40. The zero-order chi connectivity index (χ0) is 40.6. The number of esters is 1.